The first-order valence-corrected chi connectivity index (χ1v) is 6.79. The van der Waals surface area contributed by atoms with E-state index < -0.39 is 17.7 Å². The quantitative estimate of drug-likeness (QED) is 0.809. The molecule has 1 N–H and O–H groups in total. The van der Waals surface area contributed by atoms with Crippen molar-refractivity contribution in [3.8, 4) is 0 Å². The number of hydrogen-bond acceptors (Lipinski definition) is 1. The maximum atomic E-state index is 13.9. The van der Waals surface area contributed by atoms with Gasteiger partial charge in [0.15, 0.2) is 11.6 Å². The molecule has 0 aromatic heterocycles. The molecular weight excluding hydrogens is 246 g/mol. The fraction of sp³-hybridized carbons (Fsp3) is 0.500. The van der Waals surface area contributed by atoms with Gasteiger partial charge < -0.3 is 5.11 Å². The Bertz CT molecular complexity index is 462. The number of aryl methyl sites for hydroxylation is 1. The van der Waals surface area contributed by atoms with Gasteiger partial charge in [-0.15, -0.1) is 6.58 Å². The van der Waals surface area contributed by atoms with Crippen molar-refractivity contribution in [1.82, 2.24) is 0 Å². The molecule has 1 aliphatic rings. The summed E-state index contributed by atoms with van der Waals surface area (Å²) >= 11 is 0. The van der Waals surface area contributed by atoms with Gasteiger partial charge >= 0.3 is 0 Å². The Labute approximate surface area is 113 Å². The predicted octanol–water partition coefficient (Wildman–Crippen LogP) is 4.30. The first-order valence-electron chi connectivity index (χ1n) is 6.79. The molecule has 2 rings (SSSR count). The van der Waals surface area contributed by atoms with Gasteiger partial charge in [-0.25, -0.2) is 8.78 Å². The highest BCUT2D eigenvalue weighted by atomic mass is 19.2. The fourth-order valence-corrected chi connectivity index (χ4v) is 2.84. The van der Waals surface area contributed by atoms with Gasteiger partial charge in [0.05, 0.1) is 6.10 Å². The van der Waals surface area contributed by atoms with Crippen LogP contribution in [0.25, 0.3) is 0 Å². The van der Waals surface area contributed by atoms with Crippen LogP contribution in [0.4, 0.5) is 8.78 Å². The Morgan fingerprint density at radius 2 is 1.84 bits per heavy atom. The maximum Gasteiger partial charge on any atom is 0.164 e. The summed E-state index contributed by atoms with van der Waals surface area (Å²) in [4.78, 5) is 0. The number of rotatable bonds is 3. The number of halogens is 2. The van der Waals surface area contributed by atoms with Gasteiger partial charge in [-0.2, -0.15) is 0 Å². The first kappa shape index (κ1) is 14.2. The third-order valence-corrected chi connectivity index (χ3v) is 4.22. The topological polar surface area (TPSA) is 20.2 Å². The van der Waals surface area contributed by atoms with Gasteiger partial charge in [-0.1, -0.05) is 18.2 Å². The molecule has 0 heterocycles. The molecule has 3 heteroatoms. The van der Waals surface area contributed by atoms with E-state index in [1.54, 1.807) is 0 Å². The van der Waals surface area contributed by atoms with Crippen LogP contribution in [0.3, 0.4) is 0 Å². The summed E-state index contributed by atoms with van der Waals surface area (Å²) < 4.78 is 27.4. The molecular formula is C16H20F2O. The highest BCUT2D eigenvalue weighted by Crippen LogP contribution is 2.38. The van der Waals surface area contributed by atoms with Gasteiger partial charge in [0.25, 0.3) is 0 Å². The van der Waals surface area contributed by atoms with E-state index in [2.05, 4.69) is 6.58 Å². The predicted molar refractivity (Wildman–Crippen MR) is 71.7 cm³/mol. The SMILES string of the molecule is C=CC1CCC(C(O)c2ccc(C)c(F)c2F)CC1. The second kappa shape index (κ2) is 5.83. The number of allylic oxidation sites excluding steroid dienone is 1. The Kier molecular flexibility index (Phi) is 4.35. The minimum atomic E-state index is -0.916. The van der Waals surface area contributed by atoms with Crippen LogP contribution < -0.4 is 0 Å². The monoisotopic (exact) mass is 266 g/mol. The Morgan fingerprint density at radius 3 is 2.42 bits per heavy atom. The number of aliphatic hydroxyl groups is 1. The Morgan fingerprint density at radius 1 is 1.21 bits per heavy atom. The van der Waals surface area contributed by atoms with Gasteiger partial charge in [0.1, 0.15) is 0 Å². The van der Waals surface area contributed by atoms with Gasteiger partial charge in [-0.3, -0.25) is 0 Å². The lowest BCUT2D eigenvalue weighted by Crippen LogP contribution is -2.20. The third-order valence-electron chi connectivity index (χ3n) is 4.22. The molecule has 1 aromatic carbocycles. The van der Waals surface area contributed by atoms with Gasteiger partial charge in [0.2, 0.25) is 0 Å². The van der Waals surface area contributed by atoms with E-state index in [0.717, 1.165) is 25.7 Å². The summed E-state index contributed by atoms with van der Waals surface area (Å²) in [6.07, 6.45) is 4.59. The van der Waals surface area contributed by atoms with Gasteiger partial charge in [-0.05, 0) is 50.0 Å². The van der Waals surface area contributed by atoms with Crippen LogP contribution in [0.5, 0.6) is 0 Å². The lowest BCUT2D eigenvalue weighted by molar-refractivity contribution is 0.0746. The van der Waals surface area contributed by atoms with Crippen LogP contribution in [0.1, 0.15) is 42.9 Å². The summed E-state index contributed by atoms with van der Waals surface area (Å²) in [5.41, 5.74) is 0.356. The molecule has 1 unspecified atom stereocenters. The van der Waals surface area contributed by atoms with E-state index in [4.69, 9.17) is 0 Å². The maximum absolute atomic E-state index is 13.9. The van der Waals surface area contributed by atoms with Crippen molar-refractivity contribution < 1.29 is 13.9 Å². The van der Waals surface area contributed by atoms with E-state index >= 15 is 0 Å². The summed E-state index contributed by atoms with van der Waals surface area (Å²) in [6.45, 7) is 5.29. The van der Waals surface area contributed by atoms with E-state index in [0.29, 0.717) is 5.92 Å². The number of benzene rings is 1. The van der Waals surface area contributed by atoms with E-state index in [-0.39, 0.29) is 17.0 Å². The largest absolute Gasteiger partial charge is 0.388 e. The van der Waals surface area contributed by atoms with Crippen LogP contribution >= 0.6 is 0 Å². The molecule has 1 aromatic rings. The number of aliphatic hydroxyl groups excluding tert-OH is 1. The van der Waals surface area contributed by atoms with Crippen molar-refractivity contribution >= 4 is 0 Å². The average molecular weight is 266 g/mol. The zero-order chi connectivity index (χ0) is 14.0. The second-order valence-corrected chi connectivity index (χ2v) is 5.46. The molecule has 1 fully saturated rings. The van der Waals surface area contributed by atoms with Crippen LogP contribution in [0.15, 0.2) is 24.8 Å². The molecule has 0 saturated heterocycles. The normalized spacial score (nSPS) is 25.1. The third kappa shape index (κ3) is 2.86. The van der Waals surface area contributed by atoms with Crippen molar-refractivity contribution in [3.05, 3.63) is 47.5 Å². The molecule has 0 aliphatic heterocycles. The minimum absolute atomic E-state index is 0.00723. The Hall–Kier alpha value is -1.22. The van der Waals surface area contributed by atoms with Crippen LogP contribution in [0, 0.1) is 30.4 Å². The summed E-state index contributed by atoms with van der Waals surface area (Å²) in [5.74, 6) is -1.26. The van der Waals surface area contributed by atoms with Crippen LogP contribution in [-0.4, -0.2) is 5.11 Å². The molecule has 1 atom stereocenters. The lowest BCUT2D eigenvalue weighted by atomic mass is 9.78. The zero-order valence-corrected chi connectivity index (χ0v) is 11.2. The zero-order valence-electron chi connectivity index (χ0n) is 11.2. The average Bonchev–Trinajstić information content (AvgIpc) is 2.44. The molecule has 0 radical (unpaired) electrons. The Balaban J connectivity index is 2.14. The summed E-state index contributed by atoms with van der Waals surface area (Å²) in [5, 5.41) is 10.3. The molecule has 0 bridgehead atoms. The highest BCUT2D eigenvalue weighted by Gasteiger charge is 2.29. The van der Waals surface area contributed by atoms with Crippen molar-refractivity contribution in [2.24, 2.45) is 11.8 Å². The van der Waals surface area contributed by atoms with Crippen molar-refractivity contribution in [1.29, 1.82) is 0 Å². The molecule has 1 aliphatic carbocycles. The van der Waals surface area contributed by atoms with Crippen molar-refractivity contribution in [2.75, 3.05) is 0 Å². The van der Waals surface area contributed by atoms with E-state index in [9.17, 15) is 13.9 Å². The number of hydrogen-bond donors (Lipinski definition) is 1. The fourth-order valence-electron chi connectivity index (χ4n) is 2.84. The van der Waals surface area contributed by atoms with Crippen molar-refractivity contribution in [3.63, 3.8) is 0 Å². The second-order valence-electron chi connectivity index (χ2n) is 5.46. The van der Waals surface area contributed by atoms with E-state index in [1.165, 1.54) is 19.1 Å². The van der Waals surface area contributed by atoms with Crippen LogP contribution in [-0.2, 0) is 0 Å². The molecule has 0 amide bonds. The summed E-state index contributed by atoms with van der Waals surface area (Å²) in [7, 11) is 0. The van der Waals surface area contributed by atoms with Crippen molar-refractivity contribution in [2.45, 2.75) is 38.7 Å². The highest BCUT2D eigenvalue weighted by molar-refractivity contribution is 5.27. The standard InChI is InChI=1S/C16H20F2O/c1-3-11-5-7-12(8-6-11)16(19)13-9-4-10(2)14(17)15(13)18/h3-4,9,11-12,16,19H,1,5-8H2,2H3. The van der Waals surface area contributed by atoms with Crippen LogP contribution in [0.2, 0.25) is 0 Å². The lowest BCUT2D eigenvalue weighted by Gasteiger charge is -2.30. The first-order chi connectivity index (χ1) is 9.04. The molecule has 0 spiro atoms. The molecule has 1 saturated carbocycles. The smallest absolute Gasteiger partial charge is 0.164 e. The molecule has 104 valence electrons. The molecule has 19 heavy (non-hydrogen) atoms. The van der Waals surface area contributed by atoms with E-state index in [1.807, 2.05) is 6.08 Å². The summed E-state index contributed by atoms with van der Waals surface area (Å²) in [6, 6.07) is 3.02. The van der Waals surface area contributed by atoms with Gasteiger partial charge in [0, 0.05) is 5.56 Å². The molecule has 1 nitrogen and oxygen atoms in total. The minimum Gasteiger partial charge on any atom is -0.388 e.